The van der Waals surface area contributed by atoms with Crippen molar-refractivity contribution >= 4 is 22.6 Å². The van der Waals surface area contributed by atoms with Crippen LogP contribution in [0.2, 0.25) is 0 Å². The molecule has 7 heteroatoms. The third kappa shape index (κ3) is 4.11. The molecule has 0 aliphatic carbocycles. The zero-order valence-corrected chi connectivity index (χ0v) is 16.0. The van der Waals surface area contributed by atoms with Crippen molar-refractivity contribution < 1.29 is 23.3 Å². The summed E-state index contributed by atoms with van der Waals surface area (Å²) in [5, 5.41) is 11.9. The third-order valence-electron chi connectivity index (χ3n) is 4.19. The summed E-state index contributed by atoms with van der Waals surface area (Å²) in [6, 6.07) is 8.13. The van der Waals surface area contributed by atoms with Crippen molar-refractivity contribution in [2.75, 3.05) is 6.61 Å². The number of ether oxygens (including phenoxy) is 1. The Labute approximate surface area is 166 Å². The van der Waals surface area contributed by atoms with Crippen molar-refractivity contribution in [3.8, 4) is 23.2 Å². The molecule has 0 fully saturated rings. The van der Waals surface area contributed by atoms with Gasteiger partial charge in [0, 0.05) is 17.4 Å². The Bertz CT molecular complexity index is 1140. The largest absolute Gasteiger partial charge is 0.462 e. The summed E-state index contributed by atoms with van der Waals surface area (Å²) in [5.74, 6) is 4.78. The highest BCUT2D eigenvalue weighted by Gasteiger charge is 2.26. The normalized spacial score (nSPS) is 10.4. The van der Waals surface area contributed by atoms with Crippen molar-refractivity contribution in [1.82, 2.24) is 0 Å². The number of nitro groups is 1. The van der Waals surface area contributed by atoms with E-state index >= 15 is 0 Å². The zero-order chi connectivity index (χ0) is 21.0. The van der Waals surface area contributed by atoms with Crippen molar-refractivity contribution in [2.24, 2.45) is 0 Å². The number of unbranched alkanes of at least 4 members (excludes halogenated alkanes) is 1. The van der Waals surface area contributed by atoms with Gasteiger partial charge >= 0.3 is 5.97 Å². The monoisotopic (exact) mass is 395 g/mol. The maximum atomic E-state index is 13.3. The number of halogens is 1. The molecule has 6 nitrogen and oxygen atoms in total. The molecule has 0 aliphatic heterocycles. The highest BCUT2D eigenvalue weighted by molar-refractivity contribution is 6.09. The second-order valence-electron chi connectivity index (χ2n) is 6.21. The van der Waals surface area contributed by atoms with Gasteiger partial charge in [-0.05, 0) is 43.7 Å². The number of carbonyl (C=O) groups excluding carboxylic acids is 1. The molecule has 0 atom stereocenters. The van der Waals surface area contributed by atoms with E-state index in [1.54, 1.807) is 6.92 Å². The number of nitro benzene ring substituents is 1. The standard InChI is InChI=1S/C22H18FNO5/c1-3-5-6-7-15-12-17-19(13-18(15)24(26)27)29-21(20(17)22(25)28-4-2)14-8-10-16(23)11-9-14/h8-13H,3-5H2,1-2H3. The van der Waals surface area contributed by atoms with Crippen molar-refractivity contribution in [1.29, 1.82) is 0 Å². The van der Waals surface area contributed by atoms with Gasteiger partial charge in [-0.15, -0.1) is 0 Å². The van der Waals surface area contributed by atoms with Gasteiger partial charge < -0.3 is 9.15 Å². The predicted molar refractivity (Wildman–Crippen MR) is 106 cm³/mol. The van der Waals surface area contributed by atoms with Crippen molar-refractivity contribution in [3.63, 3.8) is 0 Å². The zero-order valence-electron chi connectivity index (χ0n) is 16.0. The molecule has 29 heavy (non-hydrogen) atoms. The fraction of sp³-hybridized carbons (Fsp3) is 0.227. The average Bonchev–Trinajstić information content (AvgIpc) is 3.06. The summed E-state index contributed by atoms with van der Waals surface area (Å²) in [4.78, 5) is 23.6. The molecule has 3 rings (SSSR count). The first-order valence-electron chi connectivity index (χ1n) is 9.13. The van der Waals surface area contributed by atoms with E-state index < -0.39 is 16.7 Å². The summed E-state index contributed by atoms with van der Waals surface area (Å²) in [7, 11) is 0. The van der Waals surface area contributed by atoms with Gasteiger partial charge in [0.25, 0.3) is 5.69 Å². The lowest BCUT2D eigenvalue weighted by Gasteiger charge is -2.03. The highest BCUT2D eigenvalue weighted by atomic mass is 19.1. The molecular formula is C22H18FNO5. The van der Waals surface area contributed by atoms with Crippen LogP contribution < -0.4 is 0 Å². The SMILES string of the molecule is CCCC#Cc1cc2c(C(=O)OCC)c(-c3ccc(F)cc3)oc2cc1[N+](=O)[O-]. The quantitative estimate of drug-likeness (QED) is 0.247. The maximum Gasteiger partial charge on any atom is 0.342 e. The van der Waals surface area contributed by atoms with Crippen LogP contribution in [-0.4, -0.2) is 17.5 Å². The van der Waals surface area contributed by atoms with Crippen LogP contribution in [0.1, 0.15) is 42.6 Å². The molecule has 1 aromatic heterocycles. The summed E-state index contributed by atoms with van der Waals surface area (Å²) in [6.45, 7) is 3.77. The van der Waals surface area contributed by atoms with Gasteiger partial charge in [-0.25, -0.2) is 9.18 Å². The van der Waals surface area contributed by atoms with Crippen LogP contribution in [0.4, 0.5) is 10.1 Å². The summed E-state index contributed by atoms with van der Waals surface area (Å²) < 4.78 is 24.3. The second kappa shape index (κ2) is 8.57. The Morgan fingerprint density at radius 1 is 1.24 bits per heavy atom. The molecule has 0 saturated heterocycles. The van der Waals surface area contributed by atoms with E-state index in [0.29, 0.717) is 17.4 Å². The molecule has 0 spiro atoms. The Morgan fingerprint density at radius 3 is 2.59 bits per heavy atom. The van der Waals surface area contributed by atoms with Crippen LogP contribution in [0.3, 0.4) is 0 Å². The van der Waals surface area contributed by atoms with E-state index in [1.165, 1.54) is 36.4 Å². The fourth-order valence-electron chi connectivity index (χ4n) is 2.88. The number of fused-ring (bicyclic) bond motifs is 1. The molecule has 2 aromatic carbocycles. The number of nitrogens with zero attached hydrogens (tertiary/aromatic N) is 1. The Hall–Kier alpha value is -3.66. The molecule has 3 aromatic rings. The molecule has 148 valence electrons. The van der Waals surface area contributed by atoms with Gasteiger partial charge in [-0.1, -0.05) is 18.8 Å². The van der Waals surface area contributed by atoms with Crippen molar-refractivity contribution in [3.05, 3.63) is 63.5 Å². The number of hydrogen-bond acceptors (Lipinski definition) is 5. The van der Waals surface area contributed by atoms with Gasteiger partial charge in [0.05, 0.1) is 17.6 Å². The Balaban J connectivity index is 2.30. The van der Waals surface area contributed by atoms with E-state index in [9.17, 15) is 19.3 Å². The predicted octanol–water partition coefficient (Wildman–Crippen LogP) is 5.48. The van der Waals surface area contributed by atoms with E-state index in [2.05, 4.69) is 11.8 Å². The number of esters is 1. The first-order chi connectivity index (χ1) is 14.0. The second-order valence-corrected chi connectivity index (χ2v) is 6.21. The van der Waals surface area contributed by atoms with Crippen LogP contribution in [0.5, 0.6) is 0 Å². The van der Waals surface area contributed by atoms with E-state index in [4.69, 9.17) is 9.15 Å². The van der Waals surface area contributed by atoms with E-state index in [-0.39, 0.29) is 34.8 Å². The number of furan rings is 1. The number of benzene rings is 2. The first-order valence-corrected chi connectivity index (χ1v) is 9.13. The molecule has 0 amide bonds. The topological polar surface area (TPSA) is 82.6 Å². The lowest BCUT2D eigenvalue weighted by molar-refractivity contribution is -0.385. The lowest BCUT2D eigenvalue weighted by atomic mass is 10.0. The lowest BCUT2D eigenvalue weighted by Crippen LogP contribution is -2.05. The minimum Gasteiger partial charge on any atom is -0.462 e. The summed E-state index contributed by atoms with van der Waals surface area (Å²) in [5.41, 5.74) is 0.706. The molecule has 0 saturated carbocycles. The van der Waals surface area contributed by atoms with Crippen molar-refractivity contribution in [2.45, 2.75) is 26.7 Å². The molecule has 0 radical (unpaired) electrons. The van der Waals surface area contributed by atoms with Crippen LogP contribution in [0.25, 0.3) is 22.3 Å². The van der Waals surface area contributed by atoms with Gasteiger partial charge in [0.15, 0.2) is 0 Å². The molecular weight excluding hydrogens is 377 g/mol. The summed E-state index contributed by atoms with van der Waals surface area (Å²) >= 11 is 0. The van der Waals surface area contributed by atoms with Gasteiger partial charge in [0.2, 0.25) is 0 Å². The molecule has 0 unspecified atom stereocenters. The minimum absolute atomic E-state index is 0.127. The molecule has 0 aliphatic rings. The fourth-order valence-corrected chi connectivity index (χ4v) is 2.88. The Kier molecular flexibility index (Phi) is 5.93. The number of hydrogen-bond donors (Lipinski definition) is 0. The van der Waals surface area contributed by atoms with E-state index in [1.807, 2.05) is 6.92 Å². The maximum absolute atomic E-state index is 13.3. The van der Waals surface area contributed by atoms with Crippen LogP contribution >= 0.6 is 0 Å². The van der Waals surface area contributed by atoms with Gasteiger partial charge in [-0.3, -0.25) is 10.1 Å². The van der Waals surface area contributed by atoms with Gasteiger partial charge in [0.1, 0.15) is 28.3 Å². The smallest absolute Gasteiger partial charge is 0.342 e. The van der Waals surface area contributed by atoms with Crippen LogP contribution in [0.15, 0.2) is 40.8 Å². The minimum atomic E-state index is -0.633. The number of rotatable bonds is 5. The molecule has 0 bridgehead atoms. The first kappa shape index (κ1) is 20.1. The molecule has 0 N–H and O–H groups in total. The van der Waals surface area contributed by atoms with Crippen LogP contribution in [0, 0.1) is 27.8 Å². The number of carbonyl (C=O) groups is 1. The van der Waals surface area contributed by atoms with E-state index in [0.717, 1.165) is 6.42 Å². The third-order valence-corrected chi connectivity index (χ3v) is 4.19. The van der Waals surface area contributed by atoms with Gasteiger partial charge in [-0.2, -0.15) is 0 Å². The highest BCUT2D eigenvalue weighted by Crippen LogP contribution is 2.37. The average molecular weight is 395 g/mol. The molecule has 1 heterocycles. The summed E-state index contributed by atoms with van der Waals surface area (Å²) in [6.07, 6.45) is 1.41. The Morgan fingerprint density at radius 2 is 1.97 bits per heavy atom. The van der Waals surface area contributed by atoms with Crippen LogP contribution in [-0.2, 0) is 4.74 Å².